The van der Waals surface area contributed by atoms with Crippen LogP contribution in [0.2, 0.25) is 0 Å². The Morgan fingerprint density at radius 2 is 2.20 bits per heavy atom. The molecule has 1 aliphatic heterocycles. The maximum Gasteiger partial charge on any atom is 0.0900 e. The quantitative estimate of drug-likeness (QED) is 0.898. The van der Waals surface area contributed by atoms with E-state index in [1.54, 1.807) is 0 Å². The molecule has 114 valence electrons. The number of hydrogen-bond donors (Lipinski definition) is 1. The highest BCUT2D eigenvalue weighted by Gasteiger charge is 2.30. The van der Waals surface area contributed by atoms with Crippen LogP contribution in [-0.4, -0.2) is 35.1 Å². The Labute approximate surface area is 127 Å². The predicted molar refractivity (Wildman–Crippen MR) is 87.5 cm³/mol. The van der Waals surface area contributed by atoms with E-state index in [2.05, 4.69) is 49.8 Å². The Morgan fingerprint density at radius 3 is 2.75 bits per heavy atom. The van der Waals surface area contributed by atoms with Crippen LogP contribution in [0.5, 0.6) is 0 Å². The van der Waals surface area contributed by atoms with E-state index in [0.29, 0.717) is 18.1 Å². The monoisotopic (exact) mass is 295 g/mol. The third-order valence-corrected chi connectivity index (χ3v) is 5.67. The number of thiazole rings is 1. The molecule has 1 aliphatic rings. The molecular weight excluding hydrogens is 266 g/mol. The number of aromatic nitrogens is 1. The van der Waals surface area contributed by atoms with E-state index >= 15 is 0 Å². The maximum atomic E-state index is 4.59. The molecule has 0 bridgehead atoms. The van der Waals surface area contributed by atoms with Crippen molar-refractivity contribution < 1.29 is 0 Å². The first-order valence-corrected chi connectivity index (χ1v) is 8.77. The van der Waals surface area contributed by atoms with Gasteiger partial charge in [-0.25, -0.2) is 4.98 Å². The van der Waals surface area contributed by atoms with Crippen molar-refractivity contribution in [3.05, 3.63) is 15.6 Å². The molecule has 2 rings (SSSR count). The van der Waals surface area contributed by atoms with Gasteiger partial charge in [-0.2, -0.15) is 0 Å². The van der Waals surface area contributed by atoms with Crippen molar-refractivity contribution in [2.75, 3.05) is 13.1 Å². The van der Waals surface area contributed by atoms with Crippen molar-refractivity contribution in [1.82, 2.24) is 15.2 Å². The summed E-state index contributed by atoms with van der Waals surface area (Å²) in [6.07, 6.45) is 3.76. The lowest BCUT2D eigenvalue weighted by Crippen LogP contribution is -2.48. The van der Waals surface area contributed by atoms with E-state index in [9.17, 15) is 0 Å². The number of piperidine rings is 1. The number of nitrogens with one attached hydrogen (secondary N) is 1. The molecule has 0 radical (unpaired) electrons. The van der Waals surface area contributed by atoms with Crippen LogP contribution in [0.15, 0.2) is 0 Å². The molecule has 1 aromatic heterocycles. The Kier molecular flexibility index (Phi) is 5.58. The van der Waals surface area contributed by atoms with Gasteiger partial charge in [0, 0.05) is 29.5 Å². The number of nitrogens with zero attached hydrogens (tertiary/aromatic N) is 2. The predicted octanol–water partition coefficient (Wildman–Crippen LogP) is 3.67. The molecular formula is C16H29N3S. The van der Waals surface area contributed by atoms with Crippen molar-refractivity contribution >= 4 is 11.3 Å². The van der Waals surface area contributed by atoms with Gasteiger partial charge < -0.3 is 5.32 Å². The molecule has 1 N–H and O–H groups in total. The second kappa shape index (κ2) is 7.01. The van der Waals surface area contributed by atoms with Gasteiger partial charge in [0.2, 0.25) is 0 Å². The Hall–Kier alpha value is -0.450. The van der Waals surface area contributed by atoms with Crippen LogP contribution in [0.1, 0.15) is 61.7 Å². The van der Waals surface area contributed by atoms with Crippen LogP contribution in [-0.2, 0) is 0 Å². The van der Waals surface area contributed by atoms with Crippen molar-refractivity contribution in [2.24, 2.45) is 0 Å². The molecule has 1 saturated heterocycles. The van der Waals surface area contributed by atoms with Crippen LogP contribution in [0.3, 0.4) is 0 Å². The lowest BCUT2D eigenvalue weighted by Gasteiger charge is -2.41. The van der Waals surface area contributed by atoms with Gasteiger partial charge >= 0.3 is 0 Å². The summed E-state index contributed by atoms with van der Waals surface area (Å²) in [4.78, 5) is 8.70. The topological polar surface area (TPSA) is 28.2 Å². The smallest absolute Gasteiger partial charge is 0.0900 e. The van der Waals surface area contributed by atoms with Crippen LogP contribution < -0.4 is 5.32 Å². The third kappa shape index (κ3) is 3.60. The summed E-state index contributed by atoms with van der Waals surface area (Å²) in [6, 6.07) is 1.86. The van der Waals surface area contributed by atoms with Gasteiger partial charge in [-0.15, -0.1) is 11.3 Å². The lowest BCUT2D eigenvalue weighted by atomic mass is 9.96. The molecule has 1 aromatic rings. The fourth-order valence-corrected chi connectivity index (χ4v) is 4.38. The minimum absolute atomic E-state index is 0.503. The molecule has 2 heterocycles. The Morgan fingerprint density at radius 1 is 1.45 bits per heavy atom. The molecule has 20 heavy (non-hydrogen) atoms. The summed E-state index contributed by atoms with van der Waals surface area (Å²) < 4.78 is 0. The summed E-state index contributed by atoms with van der Waals surface area (Å²) in [7, 11) is 0. The van der Waals surface area contributed by atoms with Gasteiger partial charge in [0.15, 0.2) is 0 Å². The zero-order valence-electron chi connectivity index (χ0n) is 13.6. The first kappa shape index (κ1) is 15.9. The minimum atomic E-state index is 0.503. The summed E-state index contributed by atoms with van der Waals surface area (Å²) in [5, 5.41) is 4.87. The normalized spacial score (nSPS) is 25.9. The molecule has 3 nitrogen and oxygen atoms in total. The Bertz CT molecular complexity index is 429. The van der Waals surface area contributed by atoms with Gasteiger partial charge in [0.1, 0.15) is 0 Å². The van der Waals surface area contributed by atoms with Crippen LogP contribution in [0, 0.1) is 13.8 Å². The SMILES string of the molecule is CCCNC1CCN(C(C)c2sc(C)nc2C)C(C)C1. The molecule has 4 heteroatoms. The van der Waals surface area contributed by atoms with E-state index in [1.165, 1.54) is 41.4 Å². The Balaban J connectivity index is 1.98. The molecule has 3 atom stereocenters. The average molecular weight is 295 g/mol. The minimum Gasteiger partial charge on any atom is -0.314 e. The van der Waals surface area contributed by atoms with Crippen LogP contribution >= 0.6 is 11.3 Å². The standard InChI is InChI=1S/C16H29N3S/c1-6-8-17-15-7-9-19(11(2)10-15)13(4)16-12(3)18-14(5)20-16/h11,13,15,17H,6-10H2,1-5H3. The van der Waals surface area contributed by atoms with E-state index in [-0.39, 0.29) is 0 Å². The number of aryl methyl sites for hydroxylation is 2. The molecule has 1 fully saturated rings. The van der Waals surface area contributed by atoms with E-state index in [0.717, 1.165) is 6.54 Å². The first-order valence-electron chi connectivity index (χ1n) is 7.96. The van der Waals surface area contributed by atoms with Crippen molar-refractivity contribution in [2.45, 2.75) is 72.0 Å². The summed E-state index contributed by atoms with van der Waals surface area (Å²) in [6.45, 7) is 13.6. The summed E-state index contributed by atoms with van der Waals surface area (Å²) in [5.41, 5.74) is 1.22. The van der Waals surface area contributed by atoms with Gasteiger partial charge in [-0.3, -0.25) is 4.90 Å². The zero-order chi connectivity index (χ0) is 14.7. The molecule has 0 aliphatic carbocycles. The second-order valence-electron chi connectivity index (χ2n) is 6.12. The highest BCUT2D eigenvalue weighted by atomic mass is 32.1. The molecule has 0 saturated carbocycles. The second-order valence-corrected chi connectivity index (χ2v) is 7.36. The maximum absolute atomic E-state index is 4.59. The number of rotatable bonds is 5. The molecule has 0 spiro atoms. The van der Waals surface area contributed by atoms with Crippen LogP contribution in [0.4, 0.5) is 0 Å². The van der Waals surface area contributed by atoms with E-state index in [4.69, 9.17) is 0 Å². The van der Waals surface area contributed by atoms with Crippen molar-refractivity contribution in [3.8, 4) is 0 Å². The van der Waals surface area contributed by atoms with Crippen LogP contribution in [0.25, 0.3) is 0 Å². The highest BCUT2D eigenvalue weighted by Crippen LogP contribution is 2.33. The van der Waals surface area contributed by atoms with Gasteiger partial charge in [-0.1, -0.05) is 6.92 Å². The lowest BCUT2D eigenvalue weighted by molar-refractivity contribution is 0.0968. The number of likely N-dealkylation sites (tertiary alicyclic amines) is 1. The summed E-state index contributed by atoms with van der Waals surface area (Å²) >= 11 is 1.86. The average Bonchev–Trinajstić information content (AvgIpc) is 2.75. The van der Waals surface area contributed by atoms with E-state index in [1.807, 2.05) is 11.3 Å². The summed E-state index contributed by atoms with van der Waals surface area (Å²) in [5.74, 6) is 0. The van der Waals surface area contributed by atoms with Gasteiger partial charge in [-0.05, 0) is 53.5 Å². The number of hydrogen-bond acceptors (Lipinski definition) is 4. The third-order valence-electron chi connectivity index (χ3n) is 4.43. The van der Waals surface area contributed by atoms with Crippen molar-refractivity contribution in [1.29, 1.82) is 0 Å². The van der Waals surface area contributed by atoms with E-state index < -0.39 is 0 Å². The van der Waals surface area contributed by atoms with Gasteiger partial charge in [0.05, 0.1) is 10.7 Å². The van der Waals surface area contributed by atoms with Gasteiger partial charge in [0.25, 0.3) is 0 Å². The first-order chi connectivity index (χ1) is 9.52. The molecule has 0 aromatic carbocycles. The van der Waals surface area contributed by atoms with Crippen molar-refractivity contribution in [3.63, 3.8) is 0 Å². The molecule has 0 amide bonds. The fourth-order valence-electron chi connectivity index (χ4n) is 3.38. The fraction of sp³-hybridized carbons (Fsp3) is 0.812. The largest absolute Gasteiger partial charge is 0.314 e. The highest BCUT2D eigenvalue weighted by molar-refractivity contribution is 7.11. The zero-order valence-corrected chi connectivity index (χ0v) is 14.4. The molecule has 3 unspecified atom stereocenters.